The number of para-hydroxylation sites is 1. The van der Waals surface area contributed by atoms with E-state index in [4.69, 9.17) is 0 Å². The van der Waals surface area contributed by atoms with Gasteiger partial charge in [-0.1, -0.05) is 54.6 Å². The summed E-state index contributed by atoms with van der Waals surface area (Å²) >= 11 is 5.10. The second-order valence-corrected chi connectivity index (χ2v) is 11.1. The Labute approximate surface area is 210 Å². The Morgan fingerprint density at radius 2 is 1.21 bits per heavy atom. The van der Waals surface area contributed by atoms with Crippen LogP contribution in [0, 0.1) is 0 Å². The molecule has 0 radical (unpaired) electrons. The molecule has 0 fully saturated rings. The van der Waals surface area contributed by atoms with Crippen LogP contribution in [0.1, 0.15) is 9.67 Å². The Bertz CT molecular complexity index is 1590. The summed E-state index contributed by atoms with van der Waals surface area (Å²) in [4.78, 5) is 19.0. The fourth-order valence-corrected chi connectivity index (χ4v) is 7.15. The third kappa shape index (κ3) is 3.88. The number of carbonyl (C=O) groups excluding carboxylic acids is 1. The number of thiophene rings is 3. The Morgan fingerprint density at radius 3 is 2.00 bits per heavy atom. The molecule has 0 bridgehead atoms. The fraction of sp³-hybridized carbons (Fsp3) is 0. The van der Waals surface area contributed by atoms with Crippen LogP contribution in [0.4, 0.5) is 16.4 Å². The first kappa shape index (κ1) is 21.1. The molecule has 0 saturated heterocycles. The molecule has 0 N–H and O–H groups in total. The molecule has 5 heteroatoms. The van der Waals surface area contributed by atoms with Gasteiger partial charge in [0.25, 0.3) is 0 Å². The highest BCUT2D eigenvalue weighted by atomic mass is 32.1. The van der Waals surface area contributed by atoms with Crippen LogP contribution in [0.25, 0.3) is 30.3 Å². The van der Waals surface area contributed by atoms with Crippen LogP contribution in [0.2, 0.25) is 0 Å². The lowest BCUT2D eigenvalue weighted by Gasteiger charge is -2.25. The number of aldehydes is 1. The van der Waals surface area contributed by atoms with Gasteiger partial charge in [-0.3, -0.25) is 4.79 Å². The van der Waals surface area contributed by atoms with Crippen molar-refractivity contribution >= 4 is 67.4 Å². The van der Waals surface area contributed by atoms with E-state index in [0.29, 0.717) is 0 Å². The van der Waals surface area contributed by atoms with Crippen molar-refractivity contribution in [2.24, 2.45) is 0 Å². The van der Waals surface area contributed by atoms with E-state index >= 15 is 0 Å². The van der Waals surface area contributed by atoms with Crippen LogP contribution < -0.4 is 4.90 Å². The third-order valence-corrected chi connectivity index (χ3v) is 9.23. The lowest BCUT2D eigenvalue weighted by molar-refractivity contribution is 0.112. The van der Waals surface area contributed by atoms with Gasteiger partial charge < -0.3 is 4.90 Å². The van der Waals surface area contributed by atoms with E-state index in [1.54, 1.807) is 22.7 Å². The molecule has 0 unspecified atom stereocenters. The van der Waals surface area contributed by atoms with Gasteiger partial charge in [0.1, 0.15) is 5.00 Å². The standard InChI is InChI=1S/C29H19NOS3/c31-19-22-13-14-25(32-22)26-15-16-27(33-26)28-17-18-29(34-28)30(21-9-2-1-3-10-21)24-12-6-8-20-7-4-5-11-23(20)24/h1-19H. The Kier molecular flexibility index (Phi) is 5.59. The van der Waals surface area contributed by atoms with Crippen LogP contribution in [0.15, 0.2) is 109 Å². The number of rotatable bonds is 6. The minimum Gasteiger partial charge on any atom is -0.301 e. The zero-order valence-electron chi connectivity index (χ0n) is 18.0. The maximum atomic E-state index is 11.1. The van der Waals surface area contributed by atoms with Gasteiger partial charge in [0.15, 0.2) is 6.29 Å². The van der Waals surface area contributed by atoms with Crippen LogP contribution in [0.5, 0.6) is 0 Å². The molecule has 0 spiro atoms. The summed E-state index contributed by atoms with van der Waals surface area (Å²) < 4.78 is 0. The largest absolute Gasteiger partial charge is 0.301 e. The first-order chi connectivity index (χ1) is 16.8. The molecule has 6 aromatic rings. The summed E-state index contributed by atoms with van der Waals surface area (Å²) in [6.45, 7) is 0. The highest BCUT2D eigenvalue weighted by Crippen LogP contribution is 2.46. The predicted octanol–water partition coefficient (Wildman–Crippen LogP) is 9.64. The first-order valence-electron chi connectivity index (χ1n) is 10.9. The van der Waals surface area contributed by atoms with E-state index in [1.165, 1.54) is 47.4 Å². The monoisotopic (exact) mass is 493 g/mol. The third-order valence-electron chi connectivity index (χ3n) is 5.67. The molecule has 3 aromatic heterocycles. The van der Waals surface area contributed by atoms with Crippen molar-refractivity contribution in [2.75, 3.05) is 4.90 Å². The molecule has 3 aromatic carbocycles. The number of carbonyl (C=O) groups is 1. The van der Waals surface area contributed by atoms with Crippen molar-refractivity contribution in [3.05, 3.63) is 114 Å². The molecule has 0 amide bonds. The molecule has 0 aliphatic rings. The number of anilines is 3. The first-order valence-corrected chi connectivity index (χ1v) is 13.3. The van der Waals surface area contributed by atoms with Crippen LogP contribution in [-0.4, -0.2) is 6.29 Å². The molecule has 0 atom stereocenters. The predicted molar refractivity (Wildman–Crippen MR) is 149 cm³/mol. The average molecular weight is 494 g/mol. The van der Waals surface area contributed by atoms with Crippen molar-refractivity contribution < 1.29 is 4.79 Å². The van der Waals surface area contributed by atoms with Gasteiger partial charge in [0.05, 0.1) is 10.6 Å². The summed E-state index contributed by atoms with van der Waals surface area (Å²) in [5, 5.41) is 3.63. The SMILES string of the molecule is O=Cc1ccc(-c2ccc(-c3ccc(N(c4ccccc4)c4cccc5ccccc45)s3)s2)s1. The molecule has 6 rings (SSSR count). The van der Waals surface area contributed by atoms with Gasteiger partial charge in [0, 0.05) is 30.6 Å². The summed E-state index contributed by atoms with van der Waals surface area (Å²) in [6.07, 6.45) is 0.916. The fourth-order valence-electron chi connectivity index (χ4n) is 4.10. The summed E-state index contributed by atoms with van der Waals surface area (Å²) in [6, 6.07) is 38.2. The van der Waals surface area contributed by atoms with Gasteiger partial charge in [-0.05, 0) is 60.0 Å². The normalized spacial score (nSPS) is 11.1. The maximum absolute atomic E-state index is 11.1. The Hall–Kier alpha value is -3.51. The van der Waals surface area contributed by atoms with E-state index in [9.17, 15) is 4.79 Å². The highest BCUT2D eigenvalue weighted by Gasteiger charge is 2.18. The van der Waals surface area contributed by atoms with Crippen LogP contribution in [-0.2, 0) is 0 Å². The van der Waals surface area contributed by atoms with Crippen molar-refractivity contribution in [3.8, 4) is 19.5 Å². The van der Waals surface area contributed by atoms with E-state index in [1.807, 2.05) is 12.1 Å². The zero-order chi connectivity index (χ0) is 22.9. The van der Waals surface area contributed by atoms with E-state index in [2.05, 4.69) is 102 Å². The number of nitrogens with zero attached hydrogens (tertiary/aromatic N) is 1. The van der Waals surface area contributed by atoms with Crippen LogP contribution >= 0.6 is 34.0 Å². The second kappa shape index (κ2) is 9.03. The average Bonchev–Trinajstić information content (AvgIpc) is 3.65. The molecule has 34 heavy (non-hydrogen) atoms. The maximum Gasteiger partial charge on any atom is 0.160 e. The van der Waals surface area contributed by atoms with E-state index < -0.39 is 0 Å². The summed E-state index contributed by atoms with van der Waals surface area (Å²) in [5.74, 6) is 0. The molecule has 164 valence electrons. The lowest BCUT2D eigenvalue weighted by atomic mass is 10.1. The van der Waals surface area contributed by atoms with Gasteiger partial charge >= 0.3 is 0 Å². The topological polar surface area (TPSA) is 20.3 Å². The van der Waals surface area contributed by atoms with Crippen molar-refractivity contribution in [1.82, 2.24) is 0 Å². The molecular weight excluding hydrogens is 475 g/mol. The van der Waals surface area contributed by atoms with Crippen molar-refractivity contribution in [1.29, 1.82) is 0 Å². The van der Waals surface area contributed by atoms with Gasteiger partial charge in [-0.15, -0.1) is 34.0 Å². The summed E-state index contributed by atoms with van der Waals surface area (Å²) in [7, 11) is 0. The summed E-state index contributed by atoms with van der Waals surface area (Å²) in [5.41, 5.74) is 2.31. The van der Waals surface area contributed by atoms with Gasteiger partial charge in [-0.2, -0.15) is 0 Å². The van der Waals surface area contributed by atoms with E-state index in [-0.39, 0.29) is 0 Å². The minimum atomic E-state index is 0.761. The highest BCUT2D eigenvalue weighted by molar-refractivity contribution is 7.27. The lowest BCUT2D eigenvalue weighted by Crippen LogP contribution is -2.08. The van der Waals surface area contributed by atoms with Crippen molar-refractivity contribution in [3.63, 3.8) is 0 Å². The molecule has 3 heterocycles. The zero-order valence-corrected chi connectivity index (χ0v) is 20.5. The number of hydrogen-bond acceptors (Lipinski definition) is 5. The number of fused-ring (bicyclic) bond motifs is 1. The molecule has 0 saturated carbocycles. The smallest absolute Gasteiger partial charge is 0.160 e. The Morgan fingerprint density at radius 1 is 0.559 bits per heavy atom. The molecule has 0 aliphatic heterocycles. The van der Waals surface area contributed by atoms with Gasteiger partial charge in [-0.25, -0.2) is 0 Å². The molecule has 2 nitrogen and oxygen atoms in total. The van der Waals surface area contributed by atoms with Crippen LogP contribution in [0.3, 0.4) is 0 Å². The molecular formula is C29H19NOS3. The number of hydrogen-bond donors (Lipinski definition) is 0. The molecule has 0 aliphatic carbocycles. The number of benzene rings is 3. The van der Waals surface area contributed by atoms with Crippen molar-refractivity contribution in [2.45, 2.75) is 0 Å². The second-order valence-electron chi connectivity index (χ2n) is 7.79. The van der Waals surface area contributed by atoms with E-state index in [0.717, 1.165) is 21.7 Å². The van der Waals surface area contributed by atoms with Gasteiger partial charge in [0.2, 0.25) is 0 Å². The minimum absolute atomic E-state index is 0.761. The quantitative estimate of drug-likeness (QED) is 0.215. The Balaban J connectivity index is 1.42.